The van der Waals surface area contributed by atoms with Gasteiger partial charge in [-0.15, -0.1) is 0 Å². The second-order valence-electron chi connectivity index (χ2n) is 5.68. The van der Waals surface area contributed by atoms with Crippen LogP contribution in [0.15, 0.2) is 59.8 Å². The highest BCUT2D eigenvalue weighted by molar-refractivity contribution is 6.34. The molecule has 0 radical (unpaired) electrons. The lowest BCUT2D eigenvalue weighted by Gasteiger charge is -2.21. The molecule has 1 aliphatic rings. The van der Waals surface area contributed by atoms with E-state index in [1.807, 2.05) is 6.07 Å². The van der Waals surface area contributed by atoms with Gasteiger partial charge in [0.1, 0.15) is 0 Å². The fourth-order valence-electron chi connectivity index (χ4n) is 2.59. The summed E-state index contributed by atoms with van der Waals surface area (Å²) in [6.45, 7) is 0. The van der Waals surface area contributed by atoms with E-state index >= 15 is 0 Å². The Morgan fingerprint density at radius 3 is 2.52 bits per heavy atom. The van der Waals surface area contributed by atoms with E-state index in [2.05, 4.69) is 10.5 Å². The minimum atomic E-state index is -1.74. The van der Waals surface area contributed by atoms with Crippen molar-refractivity contribution < 1.29 is 19.5 Å². The Hall–Kier alpha value is -2.86. The molecule has 0 saturated heterocycles. The average Bonchev–Trinajstić information content (AvgIpc) is 3.01. The number of hydrogen-bond donors (Lipinski definition) is 2. The number of oxime groups is 1. The van der Waals surface area contributed by atoms with Gasteiger partial charge in [0.05, 0.1) is 12.1 Å². The normalized spacial score (nSPS) is 19.0. The van der Waals surface area contributed by atoms with Gasteiger partial charge in [-0.2, -0.15) is 0 Å². The van der Waals surface area contributed by atoms with Gasteiger partial charge in [-0.1, -0.05) is 53.2 Å². The molecule has 6 nitrogen and oxygen atoms in total. The molecular formula is C18H15ClN2O4. The number of nitrogens with one attached hydrogen (secondary N) is 1. The van der Waals surface area contributed by atoms with E-state index in [9.17, 15) is 14.7 Å². The summed E-state index contributed by atoms with van der Waals surface area (Å²) in [6.07, 6.45) is -0.414. The monoisotopic (exact) mass is 358 g/mol. The van der Waals surface area contributed by atoms with Crippen LogP contribution in [-0.4, -0.2) is 28.3 Å². The number of rotatable bonds is 5. The van der Waals surface area contributed by atoms with Gasteiger partial charge in [-0.25, -0.2) is 4.79 Å². The van der Waals surface area contributed by atoms with E-state index in [-0.39, 0.29) is 12.8 Å². The third-order valence-electron chi connectivity index (χ3n) is 3.86. The molecule has 1 aliphatic heterocycles. The first-order valence-electron chi connectivity index (χ1n) is 7.58. The first-order chi connectivity index (χ1) is 12.0. The van der Waals surface area contributed by atoms with E-state index in [1.165, 1.54) is 0 Å². The summed E-state index contributed by atoms with van der Waals surface area (Å²) in [5.41, 5.74) is -0.164. The zero-order valence-corrected chi connectivity index (χ0v) is 13.9. The molecule has 2 aromatic rings. The SMILES string of the molecule is O=C(CC1(C(=O)O)CC(c2ccccc2Cl)=NO1)Nc1ccccc1. The van der Waals surface area contributed by atoms with Crippen molar-refractivity contribution in [1.29, 1.82) is 0 Å². The molecule has 3 rings (SSSR count). The quantitative estimate of drug-likeness (QED) is 0.858. The van der Waals surface area contributed by atoms with Crippen LogP contribution in [0.3, 0.4) is 0 Å². The number of halogens is 1. The fraction of sp³-hybridized carbons (Fsp3) is 0.167. The maximum absolute atomic E-state index is 12.3. The molecule has 0 spiro atoms. The van der Waals surface area contributed by atoms with Crippen LogP contribution in [0.2, 0.25) is 5.02 Å². The van der Waals surface area contributed by atoms with Crippen LogP contribution in [0.1, 0.15) is 18.4 Å². The van der Waals surface area contributed by atoms with Crippen molar-refractivity contribution in [2.75, 3.05) is 5.32 Å². The first-order valence-corrected chi connectivity index (χ1v) is 7.96. The topological polar surface area (TPSA) is 88.0 Å². The third kappa shape index (κ3) is 3.64. The molecule has 0 aliphatic carbocycles. The summed E-state index contributed by atoms with van der Waals surface area (Å²) in [5.74, 6) is -1.72. The van der Waals surface area contributed by atoms with Crippen LogP contribution < -0.4 is 5.32 Å². The number of carboxylic acid groups (broad SMARTS) is 1. The number of carbonyl (C=O) groups excluding carboxylic acids is 1. The van der Waals surface area contributed by atoms with E-state index in [4.69, 9.17) is 16.4 Å². The van der Waals surface area contributed by atoms with Crippen molar-refractivity contribution in [3.8, 4) is 0 Å². The molecule has 0 fully saturated rings. The number of benzene rings is 2. The minimum Gasteiger partial charge on any atom is -0.478 e. The molecule has 7 heteroatoms. The maximum Gasteiger partial charge on any atom is 0.351 e. The average molecular weight is 359 g/mol. The number of para-hydroxylation sites is 1. The Labute approximate surface area is 149 Å². The molecule has 1 amide bonds. The van der Waals surface area contributed by atoms with Crippen molar-refractivity contribution >= 4 is 34.9 Å². The van der Waals surface area contributed by atoms with Gasteiger partial charge in [-0.05, 0) is 18.2 Å². The van der Waals surface area contributed by atoms with Crippen molar-refractivity contribution in [3.63, 3.8) is 0 Å². The van der Waals surface area contributed by atoms with Crippen LogP contribution in [-0.2, 0) is 14.4 Å². The fourth-order valence-corrected chi connectivity index (χ4v) is 2.83. The summed E-state index contributed by atoms with van der Waals surface area (Å²) in [7, 11) is 0. The Balaban J connectivity index is 1.75. The number of anilines is 1. The van der Waals surface area contributed by atoms with Gasteiger partial charge >= 0.3 is 5.97 Å². The highest BCUT2D eigenvalue weighted by Gasteiger charge is 2.49. The number of hydrogen-bond acceptors (Lipinski definition) is 4. The van der Waals surface area contributed by atoms with Crippen LogP contribution >= 0.6 is 11.6 Å². The molecule has 2 aromatic carbocycles. The molecule has 1 heterocycles. The third-order valence-corrected chi connectivity index (χ3v) is 4.19. The molecule has 25 heavy (non-hydrogen) atoms. The van der Waals surface area contributed by atoms with Crippen LogP contribution in [0.5, 0.6) is 0 Å². The van der Waals surface area contributed by atoms with Crippen LogP contribution in [0.25, 0.3) is 0 Å². The summed E-state index contributed by atoms with van der Waals surface area (Å²) in [6, 6.07) is 15.7. The Kier molecular flexibility index (Phi) is 4.72. The summed E-state index contributed by atoms with van der Waals surface area (Å²) < 4.78 is 0. The van der Waals surface area contributed by atoms with E-state index in [0.717, 1.165) is 0 Å². The van der Waals surface area contributed by atoms with Crippen LogP contribution in [0.4, 0.5) is 5.69 Å². The lowest BCUT2D eigenvalue weighted by atomic mass is 9.90. The molecule has 1 atom stereocenters. The van der Waals surface area contributed by atoms with Gasteiger partial charge in [0.25, 0.3) is 0 Å². The predicted molar refractivity (Wildman–Crippen MR) is 93.7 cm³/mol. The van der Waals surface area contributed by atoms with Crippen molar-refractivity contribution in [3.05, 3.63) is 65.2 Å². The van der Waals surface area contributed by atoms with E-state index in [1.54, 1.807) is 48.5 Å². The van der Waals surface area contributed by atoms with Gasteiger partial charge in [0.15, 0.2) is 0 Å². The maximum atomic E-state index is 12.3. The highest BCUT2D eigenvalue weighted by atomic mass is 35.5. The number of carboxylic acids is 1. The van der Waals surface area contributed by atoms with Crippen molar-refractivity contribution in [1.82, 2.24) is 0 Å². The lowest BCUT2D eigenvalue weighted by molar-refractivity contribution is -0.165. The zero-order chi connectivity index (χ0) is 17.9. The lowest BCUT2D eigenvalue weighted by Crippen LogP contribution is -2.42. The van der Waals surface area contributed by atoms with Gasteiger partial charge in [-0.3, -0.25) is 4.79 Å². The number of amides is 1. The van der Waals surface area contributed by atoms with E-state index < -0.39 is 17.5 Å². The van der Waals surface area contributed by atoms with E-state index in [0.29, 0.717) is 22.0 Å². The largest absolute Gasteiger partial charge is 0.478 e. The van der Waals surface area contributed by atoms with Gasteiger partial charge < -0.3 is 15.3 Å². The Morgan fingerprint density at radius 1 is 1.16 bits per heavy atom. The second kappa shape index (κ2) is 6.94. The highest BCUT2D eigenvalue weighted by Crippen LogP contribution is 2.32. The van der Waals surface area contributed by atoms with Crippen molar-refractivity contribution in [2.45, 2.75) is 18.4 Å². The smallest absolute Gasteiger partial charge is 0.351 e. The minimum absolute atomic E-state index is 0.0473. The first kappa shape index (κ1) is 17.0. The zero-order valence-electron chi connectivity index (χ0n) is 13.1. The van der Waals surface area contributed by atoms with Crippen LogP contribution in [0, 0.1) is 0 Å². The Morgan fingerprint density at radius 2 is 1.84 bits per heavy atom. The summed E-state index contributed by atoms with van der Waals surface area (Å²) in [4.78, 5) is 29.2. The van der Waals surface area contributed by atoms with Crippen molar-refractivity contribution in [2.24, 2.45) is 5.16 Å². The number of nitrogens with zero attached hydrogens (tertiary/aromatic N) is 1. The number of carbonyl (C=O) groups is 2. The molecular weight excluding hydrogens is 344 g/mol. The molecule has 0 aromatic heterocycles. The Bertz CT molecular complexity index is 838. The number of aliphatic carboxylic acids is 1. The molecule has 128 valence electrons. The molecule has 0 saturated carbocycles. The van der Waals surface area contributed by atoms with Gasteiger partial charge in [0.2, 0.25) is 11.5 Å². The summed E-state index contributed by atoms with van der Waals surface area (Å²) >= 11 is 6.13. The molecule has 0 bridgehead atoms. The van der Waals surface area contributed by atoms with Gasteiger partial charge in [0, 0.05) is 22.7 Å². The standard InChI is InChI=1S/C18H15ClN2O4/c19-14-9-5-4-8-13(14)15-10-18(17(23)24,25-21-15)11-16(22)20-12-6-2-1-3-7-12/h1-9H,10-11H2,(H,20,22)(H,23,24). The summed E-state index contributed by atoms with van der Waals surface area (Å²) in [5, 5.41) is 16.6. The molecule has 1 unspecified atom stereocenters. The molecule has 2 N–H and O–H groups in total. The predicted octanol–water partition coefficient (Wildman–Crippen LogP) is 3.32. The second-order valence-corrected chi connectivity index (χ2v) is 6.08.